The Bertz CT molecular complexity index is 422. The number of carboxylic acids is 1. The number of nitrogens with one attached hydrogen (secondary N) is 2. The number of hydrogen-bond acceptors (Lipinski definition) is 4. The van der Waals surface area contributed by atoms with Crippen molar-refractivity contribution in [1.29, 1.82) is 0 Å². The largest absolute Gasteiger partial charge is 0.480 e. The second-order valence-electron chi connectivity index (χ2n) is 4.31. The zero-order chi connectivity index (χ0) is 14.8. The van der Waals surface area contributed by atoms with Gasteiger partial charge in [-0.1, -0.05) is 30.3 Å². The second kappa shape index (κ2) is 8.92. The Morgan fingerprint density at radius 3 is 2.60 bits per heavy atom. The van der Waals surface area contributed by atoms with Crippen molar-refractivity contribution < 1.29 is 19.4 Å². The van der Waals surface area contributed by atoms with Crippen molar-refractivity contribution in [3.05, 3.63) is 35.9 Å². The lowest BCUT2D eigenvalue weighted by Gasteiger charge is -2.11. The quantitative estimate of drug-likeness (QED) is 0.626. The number of carbonyl (C=O) groups is 2. The molecule has 0 aromatic heterocycles. The molecule has 0 aliphatic heterocycles. The Morgan fingerprint density at radius 2 is 2.00 bits per heavy atom. The van der Waals surface area contributed by atoms with Gasteiger partial charge in [0.05, 0.1) is 0 Å². The van der Waals surface area contributed by atoms with Crippen molar-refractivity contribution in [2.45, 2.75) is 25.5 Å². The molecule has 1 atom stereocenters. The van der Waals surface area contributed by atoms with E-state index in [4.69, 9.17) is 9.84 Å². The summed E-state index contributed by atoms with van der Waals surface area (Å²) in [7, 11) is 1.60. The highest BCUT2D eigenvalue weighted by molar-refractivity contribution is 5.73. The van der Waals surface area contributed by atoms with Crippen LogP contribution in [0.3, 0.4) is 0 Å². The van der Waals surface area contributed by atoms with Gasteiger partial charge >= 0.3 is 12.1 Å². The monoisotopic (exact) mass is 280 g/mol. The van der Waals surface area contributed by atoms with E-state index in [-0.39, 0.29) is 6.61 Å². The second-order valence-corrected chi connectivity index (χ2v) is 4.31. The molecule has 1 amide bonds. The fraction of sp³-hybridized carbons (Fsp3) is 0.429. The molecule has 0 radical (unpaired) electrons. The van der Waals surface area contributed by atoms with Crippen LogP contribution >= 0.6 is 0 Å². The minimum atomic E-state index is -0.890. The first-order valence-corrected chi connectivity index (χ1v) is 6.48. The summed E-state index contributed by atoms with van der Waals surface area (Å²) in [6, 6.07) is 8.80. The van der Waals surface area contributed by atoms with E-state index < -0.39 is 18.1 Å². The maximum Gasteiger partial charge on any atom is 0.407 e. The van der Waals surface area contributed by atoms with E-state index in [1.165, 1.54) is 0 Å². The molecule has 0 aliphatic carbocycles. The number of rotatable bonds is 8. The SMILES string of the molecule is CNC(CCCNC(=O)OCc1ccccc1)C(=O)O. The molecule has 0 bridgehead atoms. The molecule has 1 rings (SSSR count). The molecule has 1 unspecified atom stereocenters. The van der Waals surface area contributed by atoms with Crippen LogP contribution in [0, 0.1) is 0 Å². The minimum Gasteiger partial charge on any atom is -0.480 e. The Labute approximate surface area is 118 Å². The fourth-order valence-electron chi connectivity index (χ4n) is 1.66. The van der Waals surface area contributed by atoms with E-state index in [1.54, 1.807) is 7.05 Å². The van der Waals surface area contributed by atoms with Gasteiger partial charge in [-0.2, -0.15) is 0 Å². The fourth-order valence-corrected chi connectivity index (χ4v) is 1.66. The minimum absolute atomic E-state index is 0.223. The molecule has 3 N–H and O–H groups in total. The predicted octanol–water partition coefficient (Wildman–Crippen LogP) is 1.37. The molecule has 6 heteroatoms. The highest BCUT2D eigenvalue weighted by Crippen LogP contribution is 2.01. The smallest absolute Gasteiger partial charge is 0.407 e. The van der Waals surface area contributed by atoms with Crippen molar-refractivity contribution >= 4 is 12.1 Å². The Kier molecular flexibility index (Phi) is 7.13. The van der Waals surface area contributed by atoms with Crippen LogP contribution in [0.15, 0.2) is 30.3 Å². The average Bonchev–Trinajstić information content (AvgIpc) is 2.46. The molecule has 0 heterocycles. The molecule has 1 aromatic rings. The van der Waals surface area contributed by atoms with Crippen LogP contribution in [0.4, 0.5) is 4.79 Å². The van der Waals surface area contributed by atoms with Gasteiger partial charge in [-0.05, 0) is 25.5 Å². The molecule has 110 valence electrons. The molecular weight excluding hydrogens is 260 g/mol. The maximum absolute atomic E-state index is 11.4. The summed E-state index contributed by atoms with van der Waals surface area (Å²) in [4.78, 5) is 22.1. The number of amides is 1. The van der Waals surface area contributed by atoms with Crippen LogP contribution in [0.2, 0.25) is 0 Å². The van der Waals surface area contributed by atoms with Gasteiger partial charge < -0.3 is 20.5 Å². The van der Waals surface area contributed by atoms with Crippen molar-refractivity contribution in [3.63, 3.8) is 0 Å². The summed E-state index contributed by atoms with van der Waals surface area (Å²) >= 11 is 0. The zero-order valence-electron chi connectivity index (χ0n) is 11.5. The summed E-state index contributed by atoms with van der Waals surface area (Å²) in [5, 5.41) is 14.1. The van der Waals surface area contributed by atoms with Crippen LogP contribution in [0.5, 0.6) is 0 Å². The van der Waals surface area contributed by atoms with E-state index >= 15 is 0 Å². The molecule has 0 aliphatic rings. The third kappa shape index (κ3) is 6.19. The van der Waals surface area contributed by atoms with Crippen molar-refractivity contribution in [1.82, 2.24) is 10.6 Å². The van der Waals surface area contributed by atoms with Crippen LogP contribution in [0.1, 0.15) is 18.4 Å². The van der Waals surface area contributed by atoms with Gasteiger partial charge in [0.15, 0.2) is 0 Å². The molecule has 0 fully saturated rings. The summed E-state index contributed by atoms with van der Waals surface area (Å²) in [5.41, 5.74) is 0.920. The number of alkyl carbamates (subject to hydrolysis) is 1. The van der Waals surface area contributed by atoms with E-state index in [0.717, 1.165) is 5.56 Å². The average molecular weight is 280 g/mol. The van der Waals surface area contributed by atoms with Crippen LogP contribution in [0.25, 0.3) is 0 Å². The van der Waals surface area contributed by atoms with Gasteiger partial charge in [-0.25, -0.2) is 4.79 Å². The van der Waals surface area contributed by atoms with E-state index in [0.29, 0.717) is 19.4 Å². The van der Waals surface area contributed by atoms with Crippen molar-refractivity contribution in [2.24, 2.45) is 0 Å². The Hall–Kier alpha value is -2.08. The number of aliphatic carboxylic acids is 1. The van der Waals surface area contributed by atoms with Gasteiger partial charge in [0.25, 0.3) is 0 Å². The predicted molar refractivity (Wildman–Crippen MR) is 74.3 cm³/mol. The first-order valence-electron chi connectivity index (χ1n) is 6.48. The molecule has 0 spiro atoms. The third-order valence-electron chi connectivity index (χ3n) is 2.80. The topological polar surface area (TPSA) is 87.7 Å². The molecule has 1 aromatic carbocycles. The van der Waals surface area contributed by atoms with Gasteiger partial charge in [-0.3, -0.25) is 4.79 Å². The number of carboxylic acid groups (broad SMARTS) is 1. The van der Waals surface area contributed by atoms with E-state index in [9.17, 15) is 9.59 Å². The highest BCUT2D eigenvalue weighted by Gasteiger charge is 2.13. The summed E-state index contributed by atoms with van der Waals surface area (Å²) < 4.78 is 5.03. The van der Waals surface area contributed by atoms with Crippen molar-refractivity contribution in [3.8, 4) is 0 Å². The Balaban J connectivity index is 2.13. The number of likely N-dealkylation sites (N-methyl/N-ethyl adjacent to an activating group) is 1. The lowest BCUT2D eigenvalue weighted by atomic mass is 10.1. The molecule has 6 nitrogen and oxygen atoms in total. The van der Waals surface area contributed by atoms with Crippen LogP contribution < -0.4 is 10.6 Å². The summed E-state index contributed by atoms with van der Waals surface area (Å²) in [5.74, 6) is -0.890. The first-order chi connectivity index (χ1) is 9.63. The van der Waals surface area contributed by atoms with Crippen LogP contribution in [-0.2, 0) is 16.1 Å². The number of hydrogen-bond donors (Lipinski definition) is 3. The van der Waals surface area contributed by atoms with Gasteiger partial charge in [0.1, 0.15) is 12.6 Å². The molecular formula is C14H20N2O4. The van der Waals surface area contributed by atoms with Gasteiger partial charge in [0, 0.05) is 6.54 Å². The standard InChI is InChI=1S/C14H20N2O4/c1-15-12(13(17)18)8-5-9-16-14(19)20-10-11-6-3-2-4-7-11/h2-4,6-7,12,15H,5,8-10H2,1H3,(H,16,19)(H,17,18). The lowest BCUT2D eigenvalue weighted by molar-refractivity contribution is -0.139. The number of benzene rings is 1. The normalized spacial score (nSPS) is 11.7. The number of ether oxygens (including phenoxy) is 1. The number of carbonyl (C=O) groups excluding carboxylic acids is 1. The van der Waals surface area contributed by atoms with E-state index in [2.05, 4.69) is 10.6 Å². The lowest BCUT2D eigenvalue weighted by Crippen LogP contribution is -2.35. The zero-order valence-corrected chi connectivity index (χ0v) is 11.5. The summed E-state index contributed by atoms with van der Waals surface area (Å²) in [6.07, 6.45) is 0.522. The summed E-state index contributed by atoms with van der Waals surface area (Å²) in [6.45, 7) is 0.611. The highest BCUT2D eigenvalue weighted by atomic mass is 16.5. The molecule has 0 saturated heterocycles. The van der Waals surface area contributed by atoms with Gasteiger partial charge in [-0.15, -0.1) is 0 Å². The van der Waals surface area contributed by atoms with Crippen LogP contribution in [-0.4, -0.2) is 36.8 Å². The van der Waals surface area contributed by atoms with Crippen molar-refractivity contribution in [2.75, 3.05) is 13.6 Å². The molecule has 20 heavy (non-hydrogen) atoms. The Morgan fingerprint density at radius 1 is 1.30 bits per heavy atom. The third-order valence-corrected chi connectivity index (χ3v) is 2.80. The molecule has 0 saturated carbocycles. The van der Waals surface area contributed by atoms with Gasteiger partial charge in [0.2, 0.25) is 0 Å². The van der Waals surface area contributed by atoms with E-state index in [1.807, 2.05) is 30.3 Å². The first kappa shape index (κ1) is 16.0. The maximum atomic E-state index is 11.4.